The van der Waals surface area contributed by atoms with Crippen LogP contribution in [0.15, 0.2) is 22.5 Å². The van der Waals surface area contributed by atoms with Crippen LogP contribution in [0.3, 0.4) is 0 Å². The predicted molar refractivity (Wildman–Crippen MR) is 129 cm³/mol. The molecule has 3 aromatic rings. The quantitative estimate of drug-likeness (QED) is 0.288. The van der Waals surface area contributed by atoms with E-state index < -0.39 is 35.9 Å². The van der Waals surface area contributed by atoms with Crippen LogP contribution >= 0.6 is 0 Å². The lowest BCUT2D eigenvalue weighted by Gasteiger charge is -2.18. The Bertz CT molecular complexity index is 1580. The summed E-state index contributed by atoms with van der Waals surface area (Å²) in [5, 5.41) is 33.2. The number of allylic oxidation sites excluding steroid dienone is 2. The largest absolute Gasteiger partial charge is 0.492 e. The summed E-state index contributed by atoms with van der Waals surface area (Å²) in [5.41, 5.74) is 1.22. The number of methoxy groups -OCH3 is 1. The molecule has 3 aromatic heterocycles. The number of aliphatic hydroxyl groups excluding tert-OH is 3. The molecule has 0 amide bonds. The molecule has 3 aliphatic rings. The van der Waals surface area contributed by atoms with Crippen molar-refractivity contribution in [3.63, 3.8) is 0 Å². The van der Waals surface area contributed by atoms with E-state index in [1.54, 1.807) is 4.57 Å². The highest BCUT2D eigenvalue weighted by Gasteiger charge is 2.42. The van der Waals surface area contributed by atoms with E-state index in [4.69, 9.17) is 9.47 Å². The second-order valence-corrected chi connectivity index (χ2v) is 9.57. The molecule has 0 radical (unpaired) electrons. The van der Waals surface area contributed by atoms with E-state index in [-0.39, 0.29) is 65.1 Å². The van der Waals surface area contributed by atoms with Gasteiger partial charge < -0.3 is 34.7 Å². The first-order chi connectivity index (χ1) is 18.2. The van der Waals surface area contributed by atoms with Crippen LogP contribution in [0.1, 0.15) is 64.2 Å². The van der Waals surface area contributed by atoms with Crippen LogP contribution < -0.4 is 10.9 Å². The Morgan fingerprint density at radius 3 is 2.76 bits per heavy atom. The van der Waals surface area contributed by atoms with Crippen molar-refractivity contribution in [1.82, 2.24) is 24.1 Å². The van der Waals surface area contributed by atoms with E-state index >= 15 is 0 Å². The maximum absolute atomic E-state index is 13.3. The number of aromatic nitrogens is 5. The Morgan fingerprint density at radius 2 is 2.05 bits per heavy atom. The van der Waals surface area contributed by atoms with E-state index in [0.29, 0.717) is 24.2 Å². The van der Waals surface area contributed by atoms with Crippen LogP contribution in [0.2, 0.25) is 0 Å². The first kappa shape index (κ1) is 24.5. The molecule has 14 heteroatoms. The fourth-order valence-corrected chi connectivity index (χ4v) is 5.60. The number of aromatic amines is 1. The van der Waals surface area contributed by atoms with Gasteiger partial charge in [-0.2, -0.15) is 4.98 Å². The molecule has 0 bridgehead atoms. The SMILES string of the molecule is COC1=C(C)C(=O)c2c(c(CNc3nc4c(ncn4[C@H]4C[C@H](O)[C@@H](CO)O4)c(=O)[nH]3)c3n2CC[C@@H]3O)C1=O. The standard InChI is InChI=1S/C24H26N6O8/c1-9-19(34)18-15(20(35)21(9)37-2)10(17-11(32)3-4-29(17)18)6-25-24-27-22-16(23(36)28-24)26-8-30(22)14-5-12(33)13(7-31)38-14/h8,11-14,31-33H,3-7H2,1-2H3,(H2,25,27,28,36)/t11-,12-,13+,14+/m0/s1. The zero-order valence-corrected chi connectivity index (χ0v) is 20.6. The first-order valence-electron chi connectivity index (χ1n) is 12.2. The minimum atomic E-state index is -0.883. The van der Waals surface area contributed by atoms with Crippen molar-refractivity contribution in [3.8, 4) is 0 Å². The number of ketones is 2. The number of Topliss-reactive ketones (excluding diaryl/α,β-unsaturated/α-hetero) is 2. The molecule has 4 atom stereocenters. The molecular formula is C24H26N6O8. The van der Waals surface area contributed by atoms with E-state index in [0.717, 1.165) is 0 Å². The fraction of sp³-hybridized carbons (Fsp3) is 0.458. The van der Waals surface area contributed by atoms with Crippen molar-refractivity contribution in [1.29, 1.82) is 0 Å². The molecule has 0 saturated carbocycles. The molecular weight excluding hydrogens is 500 g/mol. The van der Waals surface area contributed by atoms with Crippen molar-refractivity contribution >= 4 is 28.7 Å². The van der Waals surface area contributed by atoms with Crippen molar-refractivity contribution in [3.05, 3.63) is 50.5 Å². The van der Waals surface area contributed by atoms with Gasteiger partial charge in [-0.05, 0) is 13.3 Å². The van der Waals surface area contributed by atoms with Gasteiger partial charge in [0.25, 0.3) is 5.56 Å². The summed E-state index contributed by atoms with van der Waals surface area (Å²) >= 11 is 0. The zero-order chi connectivity index (χ0) is 26.9. The van der Waals surface area contributed by atoms with Crippen molar-refractivity contribution in [2.75, 3.05) is 19.0 Å². The molecule has 1 fully saturated rings. The number of anilines is 1. The number of carbonyl (C=O) groups is 2. The molecule has 6 rings (SSSR count). The summed E-state index contributed by atoms with van der Waals surface area (Å²) in [7, 11) is 1.33. The number of imidazole rings is 1. The average molecular weight is 527 g/mol. The van der Waals surface area contributed by atoms with Gasteiger partial charge >= 0.3 is 0 Å². The number of fused-ring (bicyclic) bond motifs is 4. The monoisotopic (exact) mass is 526 g/mol. The number of carbonyl (C=O) groups excluding carboxylic acids is 2. The summed E-state index contributed by atoms with van der Waals surface area (Å²) in [5.74, 6) is -0.763. The molecule has 1 aliphatic carbocycles. The number of ether oxygens (including phenoxy) is 2. The number of hydrogen-bond acceptors (Lipinski definition) is 11. The maximum Gasteiger partial charge on any atom is 0.280 e. The third kappa shape index (κ3) is 3.45. The minimum Gasteiger partial charge on any atom is -0.492 e. The van der Waals surface area contributed by atoms with Crippen LogP contribution in [0.25, 0.3) is 11.2 Å². The van der Waals surface area contributed by atoms with Crippen LogP contribution in [0.4, 0.5) is 5.95 Å². The van der Waals surface area contributed by atoms with Crippen LogP contribution in [-0.2, 0) is 22.6 Å². The third-order valence-corrected chi connectivity index (χ3v) is 7.44. The number of aliphatic hydroxyl groups is 3. The minimum absolute atomic E-state index is 0.0232. The number of nitrogens with one attached hydrogen (secondary N) is 2. The van der Waals surface area contributed by atoms with Crippen LogP contribution in [0, 0.1) is 0 Å². The first-order valence-corrected chi connectivity index (χ1v) is 12.2. The normalized spacial score (nSPS) is 24.9. The van der Waals surface area contributed by atoms with Crippen LogP contribution in [-0.4, -0.2) is 76.9 Å². The van der Waals surface area contributed by atoms with Gasteiger partial charge in [-0.15, -0.1) is 0 Å². The van der Waals surface area contributed by atoms with Gasteiger partial charge in [0.05, 0.1) is 43.5 Å². The second kappa shape index (κ2) is 8.87. The molecule has 5 N–H and O–H groups in total. The summed E-state index contributed by atoms with van der Waals surface area (Å²) < 4.78 is 14.1. The summed E-state index contributed by atoms with van der Waals surface area (Å²) in [6, 6.07) is 0. The summed E-state index contributed by atoms with van der Waals surface area (Å²) in [6.07, 6.45) is -1.23. The third-order valence-electron chi connectivity index (χ3n) is 7.44. The topological polar surface area (TPSA) is 194 Å². The number of rotatable bonds is 6. The van der Waals surface area contributed by atoms with Gasteiger partial charge in [-0.25, -0.2) is 4.98 Å². The number of nitrogens with zero attached hydrogens (tertiary/aromatic N) is 4. The highest BCUT2D eigenvalue weighted by Crippen LogP contribution is 2.40. The van der Waals surface area contributed by atoms with E-state index in [9.17, 15) is 29.7 Å². The van der Waals surface area contributed by atoms with Gasteiger partial charge in [-0.1, -0.05) is 0 Å². The average Bonchev–Trinajstić information content (AvgIpc) is 3.65. The molecule has 200 valence electrons. The lowest BCUT2D eigenvalue weighted by molar-refractivity contribution is -0.0432. The molecule has 0 unspecified atom stereocenters. The fourth-order valence-electron chi connectivity index (χ4n) is 5.60. The predicted octanol–water partition coefficient (Wildman–Crippen LogP) is -0.0896. The van der Waals surface area contributed by atoms with Crippen molar-refractivity contribution in [2.24, 2.45) is 0 Å². The van der Waals surface area contributed by atoms with Gasteiger partial charge in [0.1, 0.15) is 18.0 Å². The molecule has 5 heterocycles. The molecule has 38 heavy (non-hydrogen) atoms. The molecule has 2 aliphatic heterocycles. The lowest BCUT2D eigenvalue weighted by Crippen LogP contribution is -2.24. The number of H-pyrrole nitrogens is 1. The van der Waals surface area contributed by atoms with Gasteiger partial charge in [0.15, 0.2) is 16.9 Å². The highest BCUT2D eigenvalue weighted by molar-refractivity contribution is 6.26. The second-order valence-electron chi connectivity index (χ2n) is 9.57. The summed E-state index contributed by atoms with van der Waals surface area (Å²) in [4.78, 5) is 50.4. The van der Waals surface area contributed by atoms with E-state index in [1.165, 1.54) is 24.9 Å². The number of hydrogen-bond donors (Lipinski definition) is 5. The zero-order valence-electron chi connectivity index (χ0n) is 20.6. The lowest BCUT2D eigenvalue weighted by atomic mass is 9.90. The van der Waals surface area contributed by atoms with E-state index in [2.05, 4.69) is 20.3 Å². The molecule has 0 aromatic carbocycles. The Kier molecular flexibility index (Phi) is 5.72. The Labute approximate surface area is 214 Å². The molecule has 1 saturated heterocycles. The van der Waals surface area contributed by atoms with Gasteiger partial charge in [0, 0.05) is 30.6 Å². The van der Waals surface area contributed by atoms with Gasteiger partial charge in [0.2, 0.25) is 17.5 Å². The summed E-state index contributed by atoms with van der Waals surface area (Å²) in [6.45, 7) is 1.54. The molecule has 14 nitrogen and oxygen atoms in total. The van der Waals surface area contributed by atoms with Crippen LogP contribution in [0.5, 0.6) is 0 Å². The molecule has 0 spiro atoms. The van der Waals surface area contributed by atoms with Gasteiger partial charge in [-0.3, -0.25) is 23.9 Å². The highest BCUT2D eigenvalue weighted by atomic mass is 16.5. The Balaban J connectivity index is 1.37. The van der Waals surface area contributed by atoms with E-state index in [1.807, 2.05) is 0 Å². The van der Waals surface area contributed by atoms with Crippen molar-refractivity contribution in [2.45, 2.75) is 57.4 Å². The van der Waals surface area contributed by atoms with Crippen molar-refractivity contribution < 1.29 is 34.4 Å². The Morgan fingerprint density at radius 1 is 1.26 bits per heavy atom. The smallest absolute Gasteiger partial charge is 0.280 e. The Hall–Kier alpha value is -3.85. The maximum atomic E-state index is 13.3.